The molecule has 3 heterocycles. The van der Waals surface area contributed by atoms with Crippen molar-refractivity contribution in [2.75, 3.05) is 18.0 Å². The normalized spacial score (nSPS) is 19.4. The second-order valence-electron chi connectivity index (χ2n) is 8.95. The number of aromatic amines is 1. The maximum absolute atomic E-state index is 6.74. The molecule has 0 amide bonds. The highest BCUT2D eigenvalue weighted by molar-refractivity contribution is 7.99. The number of H-pyrrole nitrogens is 1. The summed E-state index contributed by atoms with van der Waals surface area (Å²) in [6, 6.07) is 16.5. The molecule has 1 atom stereocenters. The Morgan fingerprint density at radius 1 is 1.09 bits per heavy atom. The number of nitrogens with two attached hydrogens (primary N) is 1. The number of nitrogens with zero attached hydrogens (tertiary/aromatic N) is 3. The van der Waals surface area contributed by atoms with Crippen molar-refractivity contribution >= 4 is 51.9 Å². The standard InChI is InChI=1S/C25H23Cl2N5S/c26-17-6-3-7-19(22(17)27)33-21-14-29-24-18(30-21)12-20(31-24)32-10-8-25(9-11-32)13-15-4-1-2-5-16(15)23(25)28/h1-7,12,14,23H,8-11,13,28H2,(H,29,31)/t23-/m1/s1. The van der Waals surface area contributed by atoms with Crippen LogP contribution in [0.2, 0.25) is 10.0 Å². The quantitative estimate of drug-likeness (QED) is 0.351. The number of hydrogen-bond donors (Lipinski definition) is 2. The van der Waals surface area contributed by atoms with E-state index in [1.165, 1.54) is 22.9 Å². The van der Waals surface area contributed by atoms with E-state index in [1.54, 1.807) is 12.3 Å². The lowest BCUT2D eigenvalue weighted by Gasteiger charge is -2.42. The molecule has 0 bridgehead atoms. The lowest BCUT2D eigenvalue weighted by Crippen LogP contribution is -2.44. The van der Waals surface area contributed by atoms with Crippen LogP contribution in [0, 0.1) is 5.41 Å². The summed E-state index contributed by atoms with van der Waals surface area (Å²) >= 11 is 13.9. The van der Waals surface area contributed by atoms with Gasteiger partial charge in [0.05, 0.1) is 16.2 Å². The molecule has 1 saturated heterocycles. The predicted molar refractivity (Wildman–Crippen MR) is 135 cm³/mol. The summed E-state index contributed by atoms with van der Waals surface area (Å²) in [5.41, 5.74) is 11.3. The molecule has 3 N–H and O–H groups in total. The van der Waals surface area contributed by atoms with E-state index in [4.69, 9.17) is 33.9 Å². The third kappa shape index (κ3) is 3.69. The second kappa shape index (κ2) is 8.20. The maximum atomic E-state index is 6.74. The highest BCUT2D eigenvalue weighted by Gasteiger charge is 2.45. The van der Waals surface area contributed by atoms with Crippen LogP contribution in [-0.4, -0.2) is 28.0 Å². The van der Waals surface area contributed by atoms with Gasteiger partial charge in [0.15, 0.2) is 5.65 Å². The lowest BCUT2D eigenvalue weighted by atomic mass is 9.73. The molecule has 4 aromatic rings. The van der Waals surface area contributed by atoms with E-state index in [0.717, 1.165) is 59.3 Å². The molecule has 5 nitrogen and oxygen atoms in total. The highest BCUT2D eigenvalue weighted by Crippen LogP contribution is 2.51. The van der Waals surface area contributed by atoms with E-state index in [0.29, 0.717) is 10.0 Å². The van der Waals surface area contributed by atoms with Gasteiger partial charge in [-0.25, -0.2) is 9.97 Å². The van der Waals surface area contributed by atoms with E-state index >= 15 is 0 Å². The van der Waals surface area contributed by atoms with Crippen molar-refractivity contribution in [3.05, 3.63) is 75.9 Å². The van der Waals surface area contributed by atoms with Crippen molar-refractivity contribution in [3.63, 3.8) is 0 Å². The van der Waals surface area contributed by atoms with Crippen molar-refractivity contribution in [1.29, 1.82) is 0 Å². The summed E-state index contributed by atoms with van der Waals surface area (Å²) in [6.07, 6.45) is 5.01. The molecule has 8 heteroatoms. The van der Waals surface area contributed by atoms with Crippen molar-refractivity contribution in [2.45, 2.75) is 35.2 Å². The first-order valence-electron chi connectivity index (χ1n) is 11.1. The Morgan fingerprint density at radius 2 is 1.91 bits per heavy atom. The van der Waals surface area contributed by atoms with Crippen molar-refractivity contribution in [2.24, 2.45) is 11.1 Å². The first kappa shape index (κ1) is 21.3. The molecule has 2 aliphatic rings. The summed E-state index contributed by atoms with van der Waals surface area (Å²) < 4.78 is 0. The van der Waals surface area contributed by atoms with E-state index in [2.05, 4.69) is 45.2 Å². The first-order valence-corrected chi connectivity index (χ1v) is 12.7. The zero-order valence-corrected chi connectivity index (χ0v) is 20.2. The molecule has 1 spiro atoms. The molecule has 2 aromatic carbocycles. The molecule has 0 radical (unpaired) electrons. The van der Waals surface area contributed by atoms with E-state index in [9.17, 15) is 0 Å². The monoisotopic (exact) mass is 495 g/mol. The van der Waals surface area contributed by atoms with Crippen LogP contribution in [0.4, 0.5) is 5.82 Å². The van der Waals surface area contributed by atoms with Crippen LogP contribution in [0.1, 0.15) is 30.0 Å². The lowest BCUT2D eigenvalue weighted by molar-refractivity contribution is 0.187. The van der Waals surface area contributed by atoms with Crippen molar-refractivity contribution < 1.29 is 0 Å². The minimum atomic E-state index is 0.125. The van der Waals surface area contributed by atoms with Crippen LogP contribution >= 0.6 is 35.0 Å². The third-order valence-electron chi connectivity index (χ3n) is 7.12. The molecule has 6 rings (SSSR count). The Balaban J connectivity index is 1.19. The summed E-state index contributed by atoms with van der Waals surface area (Å²) in [6.45, 7) is 1.93. The summed E-state index contributed by atoms with van der Waals surface area (Å²) in [5.74, 6) is 1.06. The Hall–Kier alpha value is -2.25. The van der Waals surface area contributed by atoms with Gasteiger partial charge in [0.1, 0.15) is 16.4 Å². The summed E-state index contributed by atoms with van der Waals surface area (Å²) in [5, 5.41) is 1.85. The van der Waals surface area contributed by atoms with Gasteiger partial charge in [-0.2, -0.15) is 0 Å². The highest BCUT2D eigenvalue weighted by atomic mass is 35.5. The van der Waals surface area contributed by atoms with Crippen LogP contribution in [0.15, 0.2) is 64.6 Å². The molecule has 2 aromatic heterocycles. The van der Waals surface area contributed by atoms with Gasteiger partial charge in [-0.3, -0.25) is 0 Å². The van der Waals surface area contributed by atoms with Gasteiger partial charge in [-0.1, -0.05) is 65.3 Å². The van der Waals surface area contributed by atoms with E-state index in [-0.39, 0.29) is 11.5 Å². The minimum Gasteiger partial charge on any atom is -0.358 e. The van der Waals surface area contributed by atoms with Crippen LogP contribution in [-0.2, 0) is 6.42 Å². The van der Waals surface area contributed by atoms with E-state index < -0.39 is 0 Å². The number of fused-ring (bicyclic) bond motifs is 2. The van der Waals surface area contributed by atoms with Gasteiger partial charge in [0.2, 0.25) is 0 Å². The molecule has 0 saturated carbocycles. The SMILES string of the molecule is N[C@@H]1c2ccccc2CC12CCN(c1cc3nc(Sc4cccc(Cl)c4Cl)cnc3[nH]1)CC2. The number of rotatable bonds is 3. The fourth-order valence-corrected chi connectivity index (χ4v) is 6.56. The first-order chi connectivity index (χ1) is 16.0. The molecule has 1 aliphatic heterocycles. The number of nitrogens with one attached hydrogen (secondary N) is 1. The summed E-state index contributed by atoms with van der Waals surface area (Å²) in [4.78, 5) is 16.1. The van der Waals surface area contributed by atoms with Crippen molar-refractivity contribution in [3.8, 4) is 0 Å². The maximum Gasteiger partial charge on any atom is 0.157 e. The number of benzene rings is 2. The van der Waals surface area contributed by atoms with Gasteiger partial charge < -0.3 is 15.6 Å². The zero-order valence-electron chi connectivity index (χ0n) is 17.9. The van der Waals surface area contributed by atoms with Gasteiger partial charge in [0.25, 0.3) is 0 Å². The number of halogens is 2. The van der Waals surface area contributed by atoms with E-state index in [1.807, 2.05) is 12.1 Å². The fourth-order valence-electron chi connectivity index (χ4n) is 5.26. The Morgan fingerprint density at radius 3 is 2.73 bits per heavy atom. The number of piperidine rings is 1. The van der Waals surface area contributed by atoms with Crippen LogP contribution in [0.3, 0.4) is 0 Å². The molecule has 33 heavy (non-hydrogen) atoms. The Bertz CT molecular complexity index is 1350. The average molecular weight is 496 g/mol. The molecule has 1 fully saturated rings. The molecular formula is C25H23Cl2N5S. The van der Waals surface area contributed by atoms with Gasteiger partial charge in [-0.15, -0.1) is 0 Å². The van der Waals surface area contributed by atoms with Gasteiger partial charge in [0, 0.05) is 30.1 Å². The minimum absolute atomic E-state index is 0.125. The van der Waals surface area contributed by atoms with Crippen LogP contribution < -0.4 is 10.6 Å². The third-order valence-corrected chi connectivity index (χ3v) is 9.02. The topological polar surface area (TPSA) is 70.8 Å². The molecule has 0 unspecified atom stereocenters. The Kier molecular flexibility index (Phi) is 5.29. The fraction of sp³-hybridized carbons (Fsp3) is 0.280. The largest absolute Gasteiger partial charge is 0.358 e. The smallest absolute Gasteiger partial charge is 0.157 e. The molecular weight excluding hydrogens is 473 g/mol. The second-order valence-corrected chi connectivity index (χ2v) is 10.8. The number of hydrogen-bond acceptors (Lipinski definition) is 5. The average Bonchev–Trinajstić information content (AvgIpc) is 3.37. The Labute approximate surface area is 206 Å². The van der Waals surface area contributed by atoms with Gasteiger partial charge in [-0.05, 0) is 47.9 Å². The number of aromatic nitrogens is 3. The molecule has 168 valence electrons. The van der Waals surface area contributed by atoms with Crippen LogP contribution in [0.5, 0.6) is 0 Å². The summed E-state index contributed by atoms with van der Waals surface area (Å²) in [7, 11) is 0. The molecule has 1 aliphatic carbocycles. The zero-order chi connectivity index (χ0) is 22.6. The van der Waals surface area contributed by atoms with Crippen LogP contribution in [0.25, 0.3) is 11.2 Å². The van der Waals surface area contributed by atoms with Gasteiger partial charge >= 0.3 is 0 Å². The van der Waals surface area contributed by atoms with Crippen molar-refractivity contribution in [1.82, 2.24) is 15.0 Å². The predicted octanol–water partition coefficient (Wildman–Crippen LogP) is 6.26. The number of anilines is 1.